The van der Waals surface area contributed by atoms with Gasteiger partial charge in [0, 0.05) is 22.1 Å². The van der Waals surface area contributed by atoms with Gasteiger partial charge in [0.1, 0.15) is 17.6 Å². The Kier molecular flexibility index (Phi) is 7.56. The maximum atomic E-state index is 14.0. The van der Waals surface area contributed by atoms with Crippen LogP contribution in [0.1, 0.15) is 39.5 Å². The summed E-state index contributed by atoms with van der Waals surface area (Å²) in [5.41, 5.74) is 2.17. The van der Waals surface area contributed by atoms with Crippen LogP contribution in [-0.4, -0.2) is 30.2 Å². The van der Waals surface area contributed by atoms with Crippen molar-refractivity contribution in [3.05, 3.63) is 131 Å². The van der Waals surface area contributed by atoms with Crippen LogP contribution in [0.25, 0.3) is 23.1 Å². The highest BCUT2D eigenvalue weighted by molar-refractivity contribution is 7.10. The Morgan fingerprint density at radius 1 is 1.00 bits per heavy atom. The van der Waals surface area contributed by atoms with Gasteiger partial charge in [0.2, 0.25) is 0 Å². The number of esters is 2. The quantitative estimate of drug-likeness (QED) is 0.244. The number of methoxy groups -OCH3 is 1. The van der Waals surface area contributed by atoms with Crippen LogP contribution in [0.15, 0.2) is 104 Å². The zero-order valence-corrected chi connectivity index (χ0v) is 24.2. The number of benzene rings is 2. The highest BCUT2D eigenvalue weighted by Crippen LogP contribution is 2.37. The third kappa shape index (κ3) is 4.95. The molecular formula is C32H24N2O6S2. The summed E-state index contributed by atoms with van der Waals surface area (Å²) in [6, 6.07) is 23.0. The third-order valence-electron chi connectivity index (χ3n) is 6.68. The van der Waals surface area contributed by atoms with Gasteiger partial charge in [-0.2, -0.15) is 0 Å². The standard InChI is InChI=1S/C32H24N2O6S2/c1-3-39-31(37)26-27(19-10-5-4-6-11-19)33-32-34(28(26)24-14-9-17-41-24)29(35)25(42-32)18-20-15-16-23(40-20)21-12-7-8-13-22(21)30(36)38-2/h4-18,28H,3H2,1-2H3/t28-/m0/s1. The second-order valence-corrected chi connectivity index (χ2v) is 11.2. The summed E-state index contributed by atoms with van der Waals surface area (Å²) in [6.07, 6.45) is 1.65. The molecule has 0 unspecified atom stereocenters. The number of fused-ring (bicyclic) bond motifs is 1. The molecule has 10 heteroatoms. The molecule has 0 radical (unpaired) electrons. The van der Waals surface area contributed by atoms with Crippen LogP contribution in [0.4, 0.5) is 0 Å². The van der Waals surface area contributed by atoms with Gasteiger partial charge >= 0.3 is 11.9 Å². The second kappa shape index (κ2) is 11.6. The summed E-state index contributed by atoms with van der Waals surface area (Å²) in [6.45, 7) is 1.93. The molecule has 1 atom stereocenters. The summed E-state index contributed by atoms with van der Waals surface area (Å²) >= 11 is 2.67. The van der Waals surface area contributed by atoms with Crippen molar-refractivity contribution >= 4 is 46.4 Å². The highest BCUT2D eigenvalue weighted by Gasteiger charge is 2.35. The first-order chi connectivity index (χ1) is 20.5. The van der Waals surface area contributed by atoms with E-state index in [-0.39, 0.29) is 12.2 Å². The first-order valence-electron chi connectivity index (χ1n) is 13.1. The summed E-state index contributed by atoms with van der Waals surface area (Å²) in [4.78, 5) is 45.8. The second-order valence-electron chi connectivity index (χ2n) is 9.19. The van der Waals surface area contributed by atoms with E-state index < -0.39 is 18.0 Å². The molecule has 0 saturated carbocycles. The van der Waals surface area contributed by atoms with Gasteiger partial charge in [-0.05, 0) is 36.6 Å². The molecule has 0 aliphatic carbocycles. The fourth-order valence-electron chi connectivity index (χ4n) is 4.85. The van der Waals surface area contributed by atoms with Crippen LogP contribution in [0.5, 0.6) is 0 Å². The predicted octanol–water partition coefficient (Wildman–Crippen LogP) is 5.04. The Morgan fingerprint density at radius 2 is 1.79 bits per heavy atom. The van der Waals surface area contributed by atoms with E-state index in [1.54, 1.807) is 54.0 Å². The number of thiophene rings is 1. The lowest BCUT2D eigenvalue weighted by molar-refractivity contribution is -0.138. The minimum absolute atomic E-state index is 0.186. The minimum atomic E-state index is -0.711. The normalized spacial score (nSPS) is 14.8. The number of nitrogens with zero attached hydrogens (tertiary/aromatic N) is 2. The lowest BCUT2D eigenvalue weighted by atomic mass is 9.97. The molecule has 2 aromatic carbocycles. The molecule has 3 aromatic heterocycles. The fourth-order valence-corrected chi connectivity index (χ4v) is 6.65. The number of carbonyl (C=O) groups excluding carboxylic acids is 2. The van der Waals surface area contributed by atoms with Crippen LogP contribution in [0.2, 0.25) is 0 Å². The Morgan fingerprint density at radius 3 is 2.52 bits per heavy atom. The maximum Gasteiger partial charge on any atom is 0.338 e. The van der Waals surface area contributed by atoms with Crippen molar-refractivity contribution in [2.75, 3.05) is 13.7 Å². The van der Waals surface area contributed by atoms with Crippen LogP contribution >= 0.6 is 22.7 Å². The summed E-state index contributed by atoms with van der Waals surface area (Å²) in [7, 11) is 1.33. The van der Waals surface area contributed by atoms with E-state index >= 15 is 0 Å². The Bertz CT molecular complexity index is 2000. The average Bonchev–Trinajstić information content (AvgIpc) is 3.78. The number of furan rings is 1. The molecule has 5 aromatic rings. The summed E-state index contributed by atoms with van der Waals surface area (Å²) in [5.74, 6) is -0.109. The van der Waals surface area contributed by atoms with Gasteiger partial charge in [0.15, 0.2) is 4.80 Å². The van der Waals surface area contributed by atoms with E-state index in [2.05, 4.69) is 0 Å². The average molecular weight is 597 g/mol. The molecule has 0 spiro atoms. The number of hydrogen-bond acceptors (Lipinski definition) is 9. The van der Waals surface area contributed by atoms with Gasteiger partial charge in [-0.3, -0.25) is 9.36 Å². The number of ether oxygens (including phenoxy) is 2. The molecule has 8 nitrogen and oxygen atoms in total. The monoisotopic (exact) mass is 596 g/mol. The molecule has 6 rings (SSSR count). The van der Waals surface area contributed by atoms with E-state index in [0.717, 1.165) is 10.4 Å². The van der Waals surface area contributed by atoms with Crippen molar-refractivity contribution in [2.24, 2.45) is 4.99 Å². The zero-order valence-electron chi connectivity index (χ0n) is 22.6. The first-order valence-corrected chi connectivity index (χ1v) is 14.8. The van der Waals surface area contributed by atoms with Gasteiger partial charge in [0.25, 0.3) is 5.56 Å². The lowest BCUT2D eigenvalue weighted by Gasteiger charge is -2.24. The molecule has 0 amide bonds. The zero-order chi connectivity index (χ0) is 29.2. The Labute approximate surface area is 248 Å². The van der Waals surface area contributed by atoms with Crippen molar-refractivity contribution in [3.63, 3.8) is 0 Å². The molecule has 4 heterocycles. The maximum absolute atomic E-state index is 14.0. The van der Waals surface area contributed by atoms with Crippen molar-refractivity contribution in [1.82, 2.24) is 4.57 Å². The van der Waals surface area contributed by atoms with Crippen molar-refractivity contribution in [1.29, 1.82) is 0 Å². The Balaban J connectivity index is 1.52. The van der Waals surface area contributed by atoms with E-state index in [0.29, 0.717) is 43.3 Å². The molecule has 1 aliphatic heterocycles. The number of hydrogen-bond donors (Lipinski definition) is 0. The molecule has 42 heavy (non-hydrogen) atoms. The van der Waals surface area contributed by atoms with E-state index in [9.17, 15) is 14.4 Å². The number of carbonyl (C=O) groups is 2. The molecular weight excluding hydrogens is 572 g/mol. The van der Waals surface area contributed by atoms with Gasteiger partial charge in [-0.15, -0.1) is 11.3 Å². The summed E-state index contributed by atoms with van der Waals surface area (Å²) in [5, 5.41) is 1.91. The topological polar surface area (TPSA) is 100 Å². The first kappa shape index (κ1) is 27.4. The van der Waals surface area contributed by atoms with E-state index in [4.69, 9.17) is 18.9 Å². The predicted molar refractivity (Wildman–Crippen MR) is 161 cm³/mol. The van der Waals surface area contributed by atoms with Crippen molar-refractivity contribution in [3.8, 4) is 11.3 Å². The minimum Gasteiger partial charge on any atom is -0.465 e. The van der Waals surface area contributed by atoms with Crippen LogP contribution in [-0.2, 0) is 14.3 Å². The van der Waals surface area contributed by atoms with Crippen LogP contribution in [0.3, 0.4) is 0 Å². The highest BCUT2D eigenvalue weighted by atomic mass is 32.1. The number of rotatable bonds is 7. The lowest BCUT2D eigenvalue weighted by Crippen LogP contribution is -2.39. The van der Waals surface area contributed by atoms with Crippen molar-refractivity contribution < 1.29 is 23.5 Å². The Hall–Kier alpha value is -4.80. The van der Waals surface area contributed by atoms with Crippen molar-refractivity contribution in [2.45, 2.75) is 13.0 Å². The SMILES string of the molecule is CCOC(=O)C1=C(c2ccccc2)N=c2sc(=Cc3ccc(-c4ccccc4C(=O)OC)o3)c(=O)n2[C@H]1c1cccs1. The summed E-state index contributed by atoms with van der Waals surface area (Å²) < 4.78 is 18.4. The van der Waals surface area contributed by atoms with Gasteiger partial charge < -0.3 is 13.9 Å². The van der Waals surface area contributed by atoms with Gasteiger partial charge in [0.05, 0.1) is 35.1 Å². The van der Waals surface area contributed by atoms with E-state index in [1.807, 2.05) is 47.8 Å². The molecule has 0 N–H and O–H groups in total. The van der Waals surface area contributed by atoms with Crippen LogP contribution in [0, 0.1) is 0 Å². The van der Waals surface area contributed by atoms with E-state index in [1.165, 1.54) is 29.8 Å². The van der Waals surface area contributed by atoms with Crippen LogP contribution < -0.4 is 14.9 Å². The molecule has 0 saturated heterocycles. The largest absolute Gasteiger partial charge is 0.465 e. The smallest absolute Gasteiger partial charge is 0.338 e. The number of thiazole rings is 1. The van der Waals surface area contributed by atoms with Gasteiger partial charge in [-0.1, -0.05) is 65.9 Å². The number of aromatic nitrogens is 1. The molecule has 1 aliphatic rings. The molecule has 210 valence electrons. The fraction of sp³-hybridized carbons (Fsp3) is 0.125. The third-order valence-corrected chi connectivity index (χ3v) is 8.59. The molecule has 0 fully saturated rings. The molecule has 0 bridgehead atoms. The van der Waals surface area contributed by atoms with Gasteiger partial charge in [-0.25, -0.2) is 14.6 Å².